The molecule has 278 valence electrons. The third-order valence-corrected chi connectivity index (χ3v) is 14.6. The van der Waals surface area contributed by atoms with Crippen LogP contribution in [0.1, 0.15) is 63.2 Å². The predicted molar refractivity (Wildman–Crippen MR) is 179 cm³/mol. The van der Waals surface area contributed by atoms with Gasteiger partial charge in [-0.1, -0.05) is 26.0 Å². The number of aliphatic hydroxyl groups is 2. The zero-order valence-electron chi connectivity index (χ0n) is 30.2. The summed E-state index contributed by atoms with van der Waals surface area (Å²) in [5.74, 6) is -3.74. The number of ether oxygens (including phenoxy) is 5. The third kappa shape index (κ3) is 4.19. The first kappa shape index (κ1) is 35.1. The van der Waals surface area contributed by atoms with Crippen molar-refractivity contribution in [2.75, 3.05) is 45.9 Å². The van der Waals surface area contributed by atoms with Crippen molar-refractivity contribution in [1.29, 1.82) is 0 Å². The van der Waals surface area contributed by atoms with Crippen LogP contribution >= 0.6 is 0 Å². The van der Waals surface area contributed by atoms with Gasteiger partial charge in [-0.05, 0) is 43.9 Å². The Morgan fingerprint density at radius 2 is 1.80 bits per heavy atom. The van der Waals surface area contributed by atoms with Gasteiger partial charge in [0.25, 0.3) is 0 Å². The first-order chi connectivity index (χ1) is 24.3. The van der Waals surface area contributed by atoms with Crippen LogP contribution in [0.2, 0.25) is 0 Å². The Balaban J connectivity index is 1.24. The average molecular weight is 711 g/mol. The topological polar surface area (TPSA) is 161 Å². The number of imide groups is 1. The number of rotatable bonds is 9. The Kier molecular flexibility index (Phi) is 8.11. The van der Waals surface area contributed by atoms with Crippen molar-refractivity contribution < 1.29 is 53.1 Å². The number of likely N-dealkylation sites (tertiary alicyclic amines) is 1. The van der Waals surface area contributed by atoms with Crippen LogP contribution in [0.15, 0.2) is 24.3 Å². The zero-order valence-corrected chi connectivity index (χ0v) is 30.2. The number of hydrogen-bond acceptors (Lipinski definition) is 12. The Labute approximate surface area is 297 Å². The highest BCUT2D eigenvalue weighted by Crippen LogP contribution is 2.80. The fourth-order valence-corrected chi connectivity index (χ4v) is 13.2. The summed E-state index contributed by atoms with van der Waals surface area (Å²) in [4.78, 5) is 55.9. The molecule has 7 aliphatic rings. The molecule has 8 rings (SSSR count). The molecule has 2 saturated heterocycles. The van der Waals surface area contributed by atoms with E-state index in [1.807, 2.05) is 6.92 Å². The lowest BCUT2D eigenvalue weighted by Crippen LogP contribution is -2.82. The standard InChI is InChI=1S/C38H50N2O11/c1-7-39-17-35(18-50-33(44)21-10-8-9-11-24(21)40-27(42)14-19(2)32(40)43)13-12-26(48-5)37-23-15-22-25(47-4)16-36(45,28(23)29(22)51-20(3)41)38(46,34(37)39)31(49-6)30(35)37/h8-11,19,22-23,25-26,28-31,34,45-46H,7,12-18H2,1-6H3/t19-,22+,23-,25-,26-,28+,29-,30-,31-,34-,35-,36+,37+,38+/m0/s1. The number of benzene rings is 1. The number of hydrogen-bond donors (Lipinski definition) is 2. The van der Waals surface area contributed by atoms with Crippen molar-refractivity contribution >= 4 is 29.4 Å². The van der Waals surface area contributed by atoms with Crippen molar-refractivity contribution in [2.24, 2.45) is 40.4 Å². The van der Waals surface area contributed by atoms with Crippen LogP contribution in [0.3, 0.4) is 0 Å². The lowest BCUT2D eigenvalue weighted by molar-refractivity contribution is -0.319. The monoisotopic (exact) mass is 710 g/mol. The SMILES string of the molecule is CCN1C[C@]2(COC(=O)c3ccccc3N3C(=O)C[C@H](C)C3=O)CC[C@H](OC)[C@]34[C@H]5C[C@H]6[C@H](OC(C)=O)[C@@H]5[C@](O)(C[C@@H]6OC)[C@@](O)([C@@H](OC)[C@@H]23)[C@@H]14. The number of anilines is 1. The molecule has 2 N–H and O–H groups in total. The van der Waals surface area contributed by atoms with Crippen molar-refractivity contribution in [2.45, 2.75) is 94.5 Å². The summed E-state index contributed by atoms with van der Waals surface area (Å²) in [5, 5.41) is 26.7. The van der Waals surface area contributed by atoms with Gasteiger partial charge in [0.15, 0.2) is 0 Å². The van der Waals surface area contributed by atoms with Gasteiger partial charge in [-0.2, -0.15) is 0 Å². The van der Waals surface area contributed by atoms with E-state index in [-0.39, 0.29) is 60.5 Å². The van der Waals surface area contributed by atoms with Gasteiger partial charge in [-0.25, -0.2) is 9.69 Å². The van der Waals surface area contributed by atoms with E-state index in [4.69, 9.17) is 23.7 Å². The van der Waals surface area contributed by atoms with Crippen LogP contribution in [0.4, 0.5) is 5.69 Å². The summed E-state index contributed by atoms with van der Waals surface area (Å²) >= 11 is 0. The van der Waals surface area contributed by atoms with E-state index in [9.17, 15) is 29.4 Å². The molecular weight excluding hydrogens is 660 g/mol. The molecule has 1 aromatic carbocycles. The van der Waals surface area contributed by atoms with E-state index in [1.54, 1.807) is 52.5 Å². The predicted octanol–water partition coefficient (Wildman–Crippen LogP) is 1.95. The van der Waals surface area contributed by atoms with E-state index in [0.29, 0.717) is 32.4 Å². The normalized spacial score (nSPS) is 46.4. The van der Waals surface area contributed by atoms with Crippen LogP contribution in [0, 0.1) is 40.4 Å². The van der Waals surface area contributed by atoms with Gasteiger partial charge in [0.2, 0.25) is 11.8 Å². The Morgan fingerprint density at radius 1 is 1.06 bits per heavy atom. The average Bonchev–Trinajstić information content (AvgIpc) is 3.61. The number of nitrogens with zero attached hydrogens (tertiary/aromatic N) is 2. The van der Waals surface area contributed by atoms with E-state index < -0.39 is 76.1 Å². The smallest absolute Gasteiger partial charge is 0.340 e. The summed E-state index contributed by atoms with van der Waals surface area (Å²) in [6.07, 6.45) is -0.303. The van der Waals surface area contributed by atoms with Crippen LogP contribution in [0.25, 0.3) is 0 Å². The third-order valence-electron chi connectivity index (χ3n) is 14.6. The molecule has 2 aliphatic heterocycles. The number of carbonyl (C=O) groups excluding carboxylic acids is 4. The molecule has 2 amide bonds. The number of piperidine rings is 1. The second-order valence-corrected chi connectivity index (χ2v) is 16.3. The minimum atomic E-state index is -1.82. The van der Waals surface area contributed by atoms with Crippen LogP contribution < -0.4 is 4.90 Å². The number of carbonyl (C=O) groups is 4. The molecule has 14 atom stereocenters. The lowest BCUT2D eigenvalue weighted by atomic mass is 9.42. The Morgan fingerprint density at radius 3 is 2.43 bits per heavy atom. The summed E-state index contributed by atoms with van der Waals surface area (Å²) in [6.45, 7) is 6.10. The molecule has 13 nitrogen and oxygen atoms in total. The zero-order chi connectivity index (χ0) is 36.4. The molecule has 0 aromatic heterocycles. The summed E-state index contributed by atoms with van der Waals surface area (Å²) in [6, 6.07) is 5.95. The number of fused-ring (bicyclic) bond motifs is 2. The number of para-hydroxylation sites is 1. The summed E-state index contributed by atoms with van der Waals surface area (Å²) < 4.78 is 31.1. The minimum Gasteiger partial charge on any atom is -0.462 e. The van der Waals surface area contributed by atoms with E-state index in [0.717, 1.165) is 4.90 Å². The van der Waals surface area contributed by atoms with E-state index in [2.05, 4.69) is 4.90 Å². The number of methoxy groups -OCH3 is 3. The quantitative estimate of drug-likeness (QED) is 0.284. The summed E-state index contributed by atoms with van der Waals surface area (Å²) in [5.41, 5.74) is -4.72. The largest absolute Gasteiger partial charge is 0.462 e. The maximum Gasteiger partial charge on any atom is 0.340 e. The fourth-order valence-electron chi connectivity index (χ4n) is 13.2. The highest BCUT2D eigenvalue weighted by Gasteiger charge is 2.92. The highest BCUT2D eigenvalue weighted by molar-refractivity contribution is 6.22. The minimum absolute atomic E-state index is 0.0201. The van der Waals surface area contributed by atoms with E-state index >= 15 is 0 Å². The fraction of sp³-hybridized carbons (Fsp3) is 0.737. The first-order valence-electron chi connectivity index (χ1n) is 18.4. The molecule has 5 aliphatic carbocycles. The summed E-state index contributed by atoms with van der Waals surface area (Å²) in [7, 11) is 4.85. The first-order valence-corrected chi connectivity index (χ1v) is 18.4. The molecular formula is C38H50N2O11. The maximum atomic E-state index is 14.1. The molecule has 1 spiro atoms. The number of amides is 2. The van der Waals surface area contributed by atoms with Gasteiger partial charge >= 0.3 is 11.9 Å². The molecule has 51 heavy (non-hydrogen) atoms. The van der Waals surface area contributed by atoms with Gasteiger partial charge in [0, 0.05) is 82.1 Å². The van der Waals surface area contributed by atoms with E-state index in [1.165, 1.54) is 6.92 Å². The number of likely N-dealkylation sites (N-methyl/N-ethyl adjacent to an activating group) is 1. The molecule has 0 radical (unpaired) electrons. The van der Waals surface area contributed by atoms with Crippen molar-refractivity contribution in [3.63, 3.8) is 0 Å². The van der Waals surface area contributed by atoms with Gasteiger partial charge in [-0.3, -0.25) is 19.3 Å². The van der Waals surface area contributed by atoms with Gasteiger partial charge in [0.1, 0.15) is 17.3 Å². The second-order valence-electron chi connectivity index (χ2n) is 16.3. The van der Waals surface area contributed by atoms with Crippen molar-refractivity contribution in [3.05, 3.63) is 29.8 Å². The van der Waals surface area contributed by atoms with Gasteiger partial charge < -0.3 is 33.9 Å². The lowest BCUT2D eigenvalue weighted by Gasteiger charge is -2.70. The molecule has 1 aromatic rings. The van der Waals surface area contributed by atoms with Crippen LogP contribution in [-0.2, 0) is 38.1 Å². The Hall–Kier alpha value is -2.94. The van der Waals surface area contributed by atoms with Gasteiger partial charge in [0.05, 0.1) is 42.2 Å². The molecule has 13 heteroatoms. The number of esters is 2. The van der Waals surface area contributed by atoms with Crippen molar-refractivity contribution in [3.8, 4) is 0 Å². The van der Waals surface area contributed by atoms with Crippen LogP contribution in [-0.4, -0.2) is 122 Å². The maximum absolute atomic E-state index is 14.1. The highest BCUT2D eigenvalue weighted by atomic mass is 16.6. The Bertz CT molecular complexity index is 1650. The molecule has 2 heterocycles. The van der Waals surface area contributed by atoms with Gasteiger partial charge in [-0.15, -0.1) is 0 Å². The molecule has 5 saturated carbocycles. The molecule has 7 bridgehead atoms. The molecule has 7 fully saturated rings. The molecule has 0 unspecified atom stereocenters. The van der Waals surface area contributed by atoms with Crippen molar-refractivity contribution in [1.82, 2.24) is 4.90 Å². The van der Waals surface area contributed by atoms with Crippen LogP contribution in [0.5, 0.6) is 0 Å². The second kappa shape index (κ2) is 11.8.